The number of hydrogen-bond acceptors (Lipinski definition) is 5. The molecule has 1 aliphatic carbocycles. The fourth-order valence-electron chi connectivity index (χ4n) is 3.42. The number of hydrogen-bond donors (Lipinski definition) is 2. The summed E-state index contributed by atoms with van der Waals surface area (Å²) in [7, 11) is 1.55. The van der Waals surface area contributed by atoms with Gasteiger partial charge in [0.05, 0.1) is 24.1 Å². The Morgan fingerprint density at radius 2 is 2.00 bits per heavy atom. The van der Waals surface area contributed by atoms with Crippen molar-refractivity contribution in [3.63, 3.8) is 0 Å². The molecule has 2 N–H and O–H groups in total. The summed E-state index contributed by atoms with van der Waals surface area (Å²) in [6.07, 6.45) is 2.17. The Balaban J connectivity index is 1.53. The van der Waals surface area contributed by atoms with Gasteiger partial charge in [-0.25, -0.2) is 0 Å². The summed E-state index contributed by atoms with van der Waals surface area (Å²) in [5.74, 6) is 2.07. The van der Waals surface area contributed by atoms with Crippen LogP contribution in [0.3, 0.4) is 0 Å². The highest BCUT2D eigenvalue weighted by Crippen LogP contribution is 2.46. The molecular formula is C21H19N3O4. The molecule has 1 saturated carbocycles. The van der Waals surface area contributed by atoms with Gasteiger partial charge < -0.3 is 19.5 Å². The first-order valence-corrected chi connectivity index (χ1v) is 9.17. The number of para-hydroxylation sites is 1. The molecule has 1 fully saturated rings. The highest BCUT2D eigenvalue weighted by molar-refractivity contribution is 6.08. The normalized spacial score (nSPS) is 14.8. The molecule has 0 spiro atoms. The first-order valence-electron chi connectivity index (χ1n) is 9.17. The topological polar surface area (TPSA) is 85.5 Å². The van der Waals surface area contributed by atoms with Gasteiger partial charge >= 0.3 is 0 Å². The van der Waals surface area contributed by atoms with E-state index in [0.29, 0.717) is 40.1 Å². The number of methoxy groups -OCH3 is 1. The molecule has 0 unspecified atom stereocenters. The Labute approximate surface area is 161 Å². The summed E-state index contributed by atoms with van der Waals surface area (Å²) in [4.78, 5) is 13.0. The van der Waals surface area contributed by atoms with E-state index in [0.717, 1.165) is 24.1 Å². The number of aromatic nitrogens is 2. The molecule has 7 nitrogen and oxygen atoms in total. The van der Waals surface area contributed by atoms with Gasteiger partial charge in [-0.2, -0.15) is 5.10 Å². The average molecular weight is 377 g/mol. The summed E-state index contributed by atoms with van der Waals surface area (Å²) >= 11 is 0. The van der Waals surface area contributed by atoms with Crippen LogP contribution < -0.4 is 19.5 Å². The predicted octanol–water partition coefficient (Wildman–Crippen LogP) is 3.94. The predicted molar refractivity (Wildman–Crippen MR) is 103 cm³/mol. The number of fused-ring (bicyclic) bond motifs is 1. The van der Waals surface area contributed by atoms with Crippen LogP contribution in [0, 0.1) is 0 Å². The number of nitrogens with one attached hydrogen (secondary N) is 2. The van der Waals surface area contributed by atoms with E-state index in [1.165, 1.54) is 0 Å². The van der Waals surface area contributed by atoms with E-state index in [4.69, 9.17) is 14.2 Å². The molecule has 1 aliphatic heterocycles. The monoisotopic (exact) mass is 377 g/mol. The molecule has 1 amide bonds. The minimum atomic E-state index is -0.234. The number of anilines is 1. The maximum Gasteiger partial charge on any atom is 0.259 e. The molecular weight excluding hydrogens is 358 g/mol. The molecule has 0 bridgehead atoms. The van der Waals surface area contributed by atoms with Gasteiger partial charge in [0.25, 0.3) is 5.91 Å². The summed E-state index contributed by atoms with van der Waals surface area (Å²) in [5.41, 5.74) is 3.67. The van der Waals surface area contributed by atoms with Crippen LogP contribution in [0.15, 0.2) is 42.5 Å². The van der Waals surface area contributed by atoms with Crippen LogP contribution in [-0.2, 0) is 0 Å². The highest BCUT2D eigenvalue weighted by Gasteiger charge is 2.31. The summed E-state index contributed by atoms with van der Waals surface area (Å²) in [5, 5.41) is 10.7. The van der Waals surface area contributed by atoms with Crippen LogP contribution >= 0.6 is 0 Å². The molecule has 5 rings (SSSR count). The van der Waals surface area contributed by atoms with Gasteiger partial charge in [-0.3, -0.25) is 9.89 Å². The Hall–Kier alpha value is -3.48. The minimum absolute atomic E-state index is 0.212. The molecule has 0 saturated heterocycles. The highest BCUT2D eigenvalue weighted by atomic mass is 16.7. The quantitative estimate of drug-likeness (QED) is 0.703. The van der Waals surface area contributed by atoms with Crippen molar-refractivity contribution in [2.24, 2.45) is 0 Å². The first kappa shape index (κ1) is 16.7. The van der Waals surface area contributed by atoms with Crippen LogP contribution in [0.1, 0.15) is 34.8 Å². The molecule has 0 atom stereocenters. The maximum absolute atomic E-state index is 13.0. The van der Waals surface area contributed by atoms with Crippen LogP contribution in [0.5, 0.6) is 17.2 Å². The van der Waals surface area contributed by atoms with Crippen LogP contribution in [0.25, 0.3) is 11.3 Å². The van der Waals surface area contributed by atoms with E-state index < -0.39 is 0 Å². The maximum atomic E-state index is 13.0. The Morgan fingerprint density at radius 1 is 1.18 bits per heavy atom. The number of nitrogens with zero attached hydrogens (tertiary/aromatic N) is 1. The van der Waals surface area contributed by atoms with E-state index in [2.05, 4.69) is 15.5 Å². The molecule has 3 aromatic rings. The fourth-order valence-corrected chi connectivity index (χ4v) is 3.42. The van der Waals surface area contributed by atoms with E-state index in [-0.39, 0.29) is 12.7 Å². The molecule has 7 heteroatoms. The van der Waals surface area contributed by atoms with Crippen molar-refractivity contribution in [1.29, 1.82) is 0 Å². The first-order chi connectivity index (χ1) is 13.7. The molecule has 28 heavy (non-hydrogen) atoms. The summed E-state index contributed by atoms with van der Waals surface area (Å²) in [6.45, 7) is 0.212. The second kappa shape index (κ2) is 6.60. The third kappa shape index (κ3) is 2.85. The lowest BCUT2D eigenvalue weighted by molar-refractivity contribution is 0.102. The Kier molecular flexibility index (Phi) is 3.93. The van der Waals surface area contributed by atoms with Crippen molar-refractivity contribution in [2.75, 3.05) is 19.2 Å². The van der Waals surface area contributed by atoms with Gasteiger partial charge in [-0.1, -0.05) is 12.1 Å². The van der Waals surface area contributed by atoms with E-state index >= 15 is 0 Å². The van der Waals surface area contributed by atoms with E-state index in [9.17, 15) is 4.79 Å². The van der Waals surface area contributed by atoms with Gasteiger partial charge in [0, 0.05) is 11.5 Å². The van der Waals surface area contributed by atoms with Crippen molar-refractivity contribution in [2.45, 2.75) is 18.8 Å². The lowest BCUT2D eigenvalue weighted by Crippen LogP contribution is -2.14. The summed E-state index contributed by atoms with van der Waals surface area (Å²) in [6, 6.07) is 12.8. The van der Waals surface area contributed by atoms with Crippen molar-refractivity contribution in [1.82, 2.24) is 10.2 Å². The van der Waals surface area contributed by atoms with Gasteiger partial charge in [-0.15, -0.1) is 0 Å². The third-order valence-corrected chi connectivity index (χ3v) is 5.02. The van der Waals surface area contributed by atoms with Crippen molar-refractivity contribution in [3.8, 4) is 28.5 Å². The number of amides is 1. The van der Waals surface area contributed by atoms with Crippen molar-refractivity contribution in [3.05, 3.63) is 53.7 Å². The lowest BCUT2D eigenvalue weighted by Gasteiger charge is -2.11. The summed E-state index contributed by atoms with van der Waals surface area (Å²) < 4.78 is 16.2. The lowest BCUT2D eigenvalue weighted by atomic mass is 10.1. The number of ether oxygens (including phenoxy) is 3. The Bertz CT molecular complexity index is 1060. The van der Waals surface area contributed by atoms with Crippen LogP contribution in [0.4, 0.5) is 5.69 Å². The van der Waals surface area contributed by atoms with Crippen molar-refractivity contribution < 1.29 is 19.0 Å². The van der Waals surface area contributed by atoms with Gasteiger partial charge in [0.15, 0.2) is 11.5 Å². The molecule has 2 aliphatic rings. The van der Waals surface area contributed by atoms with E-state index in [1.54, 1.807) is 19.2 Å². The standard InChI is InChI=1S/C21H19N3O4/c1-26-15-5-3-2-4-14(15)21(25)22-20-18(12-6-7-12)23-24-19(20)13-8-9-16-17(10-13)28-11-27-16/h2-5,8-10,12H,6-7,11H2,1H3,(H,22,25)(H,23,24). The number of carbonyl (C=O) groups excluding carboxylic acids is 1. The zero-order valence-electron chi connectivity index (χ0n) is 15.3. The minimum Gasteiger partial charge on any atom is -0.496 e. The third-order valence-electron chi connectivity index (χ3n) is 5.02. The number of rotatable bonds is 5. The second-order valence-corrected chi connectivity index (χ2v) is 6.86. The molecule has 2 aromatic carbocycles. The number of carbonyl (C=O) groups is 1. The smallest absolute Gasteiger partial charge is 0.259 e. The zero-order chi connectivity index (χ0) is 19.1. The van der Waals surface area contributed by atoms with Crippen molar-refractivity contribution >= 4 is 11.6 Å². The molecule has 1 aromatic heterocycles. The second-order valence-electron chi connectivity index (χ2n) is 6.86. The number of aromatic amines is 1. The Morgan fingerprint density at radius 3 is 2.82 bits per heavy atom. The van der Waals surface area contributed by atoms with Gasteiger partial charge in [0.2, 0.25) is 6.79 Å². The van der Waals surface area contributed by atoms with E-state index in [1.807, 2.05) is 30.3 Å². The average Bonchev–Trinajstić information content (AvgIpc) is 3.31. The molecule has 0 radical (unpaired) electrons. The SMILES string of the molecule is COc1ccccc1C(=O)Nc1c(-c2ccc3c(c2)OCO3)n[nH]c1C1CC1. The zero-order valence-corrected chi connectivity index (χ0v) is 15.3. The van der Waals surface area contributed by atoms with Crippen LogP contribution in [0.2, 0.25) is 0 Å². The van der Waals surface area contributed by atoms with Crippen LogP contribution in [-0.4, -0.2) is 30.0 Å². The fraction of sp³-hybridized carbons (Fsp3) is 0.238. The molecule has 142 valence electrons. The van der Waals surface area contributed by atoms with Gasteiger partial charge in [-0.05, 0) is 43.2 Å². The number of benzene rings is 2. The van der Waals surface area contributed by atoms with Gasteiger partial charge in [0.1, 0.15) is 11.4 Å². The molecule has 2 heterocycles. The largest absolute Gasteiger partial charge is 0.496 e. The number of H-pyrrole nitrogens is 1.